The van der Waals surface area contributed by atoms with Crippen molar-refractivity contribution in [3.63, 3.8) is 0 Å². The highest BCUT2D eigenvalue weighted by atomic mass is 19.1. The van der Waals surface area contributed by atoms with Crippen molar-refractivity contribution in [2.45, 2.75) is 45.8 Å². The fraction of sp³-hybridized carbons (Fsp3) is 0.267. The van der Waals surface area contributed by atoms with E-state index in [0.29, 0.717) is 5.69 Å². The van der Waals surface area contributed by atoms with Gasteiger partial charge in [0.05, 0.1) is 23.5 Å². The van der Waals surface area contributed by atoms with Crippen LogP contribution in [0.15, 0.2) is 72.9 Å². The molecule has 2 heterocycles. The first kappa shape index (κ1) is 26.6. The molecule has 0 saturated heterocycles. The second-order valence-electron chi connectivity index (χ2n) is 10.2. The summed E-state index contributed by atoms with van der Waals surface area (Å²) in [6.07, 6.45) is 1.84. The Kier molecular flexibility index (Phi) is 7.87. The van der Waals surface area contributed by atoms with Crippen LogP contribution in [0.2, 0.25) is 0 Å². The largest absolute Gasteiger partial charge is 0.460 e. The number of hydrogen-bond acceptors (Lipinski definition) is 7. The van der Waals surface area contributed by atoms with Gasteiger partial charge in [0, 0.05) is 17.3 Å². The molecule has 7 nitrogen and oxygen atoms in total. The summed E-state index contributed by atoms with van der Waals surface area (Å²) in [4.78, 5) is 21.3. The van der Waals surface area contributed by atoms with Crippen LogP contribution in [-0.2, 0) is 9.53 Å². The van der Waals surface area contributed by atoms with Crippen molar-refractivity contribution in [1.82, 2.24) is 9.97 Å². The van der Waals surface area contributed by atoms with Gasteiger partial charge in [-0.25, -0.2) is 9.37 Å². The minimum absolute atomic E-state index is 0.0288. The van der Waals surface area contributed by atoms with Crippen LogP contribution in [0.25, 0.3) is 10.9 Å². The van der Waals surface area contributed by atoms with Gasteiger partial charge in [-0.3, -0.25) is 9.78 Å². The lowest BCUT2D eigenvalue weighted by atomic mass is 9.91. The number of pyridine rings is 2. The zero-order valence-corrected chi connectivity index (χ0v) is 21.8. The Labute approximate surface area is 221 Å². The van der Waals surface area contributed by atoms with Gasteiger partial charge in [0.25, 0.3) is 0 Å². The Bertz CT molecular complexity index is 1480. The topological polar surface area (TPSA) is 99.9 Å². The average molecular weight is 512 g/mol. The van der Waals surface area contributed by atoms with Crippen LogP contribution in [0.1, 0.15) is 51.3 Å². The lowest BCUT2D eigenvalue weighted by Crippen LogP contribution is -2.28. The van der Waals surface area contributed by atoms with Gasteiger partial charge in [-0.05, 0) is 62.6 Å². The van der Waals surface area contributed by atoms with E-state index in [1.54, 1.807) is 6.20 Å². The molecule has 8 heteroatoms. The molecule has 2 aromatic heterocycles. The SMILES string of the molecule is C[C@H](CC(=O)OC(C)(C)C)[C@H](Nc1nc(Nc2ccc3ncccc3c2)c(C#N)cc1F)c1ccccc1. The Morgan fingerprint density at radius 2 is 1.84 bits per heavy atom. The minimum atomic E-state index is -0.666. The molecule has 2 atom stereocenters. The van der Waals surface area contributed by atoms with Crippen LogP contribution >= 0.6 is 0 Å². The van der Waals surface area contributed by atoms with Crippen molar-refractivity contribution in [3.05, 3.63) is 89.9 Å². The number of carbonyl (C=O) groups is 1. The third-order valence-electron chi connectivity index (χ3n) is 5.89. The van der Waals surface area contributed by atoms with Crippen molar-refractivity contribution in [3.8, 4) is 6.07 Å². The first-order valence-electron chi connectivity index (χ1n) is 12.4. The van der Waals surface area contributed by atoms with Gasteiger partial charge in [-0.1, -0.05) is 43.3 Å². The Morgan fingerprint density at radius 3 is 2.55 bits per heavy atom. The van der Waals surface area contributed by atoms with Crippen molar-refractivity contribution in [2.75, 3.05) is 10.6 Å². The van der Waals surface area contributed by atoms with Gasteiger partial charge in [0.1, 0.15) is 11.7 Å². The summed E-state index contributed by atoms with van der Waals surface area (Å²) in [7, 11) is 0. The number of halogens is 1. The number of ether oxygens (including phenoxy) is 1. The molecule has 0 aliphatic carbocycles. The lowest BCUT2D eigenvalue weighted by Gasteiger charge is -2.27. The van der Waals surface area contributed by atoms with Gasteiger partial charge < -0.3 is 15.4 Å². The van der Waals surface area contributed by atoms with Crippen molar-refractivity contribution in [2.24, 2.45) is 5.92 Å². The number of carbonyl (C=O) groups excluding carboxylic acids is 1. The zero-order valence-electron chi connectivity index (χ0n) is 21.8. The molecule has 2 N–H and O–H groups in total. The molecule has 0 unspecified atom stereocenters. The number of benzene rings is 2. The molecule has 0 bridgehead atoms. The maximum atomic E-state index is 15.2. The van der Waals surface area contributed by atoms with E-state index in [1.807, 2.05) is 94.4 Å². The predicted molar refractivity (Wildman–Crippen MR) is 146 cm³/mol. The quantitative estimate of drug-likeness (QED) is 0.248. The van der Waals surface area contributed by atoms with Crippen LogP contribution in [0.5, 0.6) is 0 Å². The van der Waals surface area contributed by atoms with Gasteiger partial charge in [0.15, 0.2) is 17.5 Å². The monoisotopic (exact) mass is 511 g/mol. The molecule has 0 radical (unpaired) electrons. The fourth-order valence-electron chi connectivity index (χ4n) is 4.19. The van der Waals surface area contributed by atoms with Gasteiger partial charge in [0.2, 0.25) is 0 Å². The fourth-order valence-corrected chi connectivity index (χ4v) is 4.19. The smallest absolute Gasteiger partial charge is 0.306 e. The van der Waals surface area contributed by atoms with E-state index >= 15 is 4.39 Å². The number of nitriles is 1. The number of aromatic nitrogens is 2. The summed E-state index contributed by atoms with van der Waals surface area (Å²) >= 11 is 0. The van der Waals surface area contributed by atoms with Crippen molar-refractivity contribution < 1.29 is 13.9 Å². The molecule has 194 valence electrons. The summed E-state index contributed by atoms with van der Waals surface area (Å²) in [5.41, 5.74) is 1.85. The number of fused-ring (bicyclic) bond motifs is 1. The van der Waals surface area contributed by atoms with Gasteiger partial charge >= 0.3 is 5.97 Å². The molecular formula is C30H30FN5O2. The number of nitrogens with zero attached hydrogens (tertiary/aromatic N) is 3. The van der Waals surface area contributed by atoms with Gasteiger partial charge in [-0.15, -0.1) is 0 Å². The Hall–Kier alpha value is -4.51. The van der Waals surface area contributed by atoms with E-state index in [-0.39, 0.29) is 35.5 Å². The summed E-state index contributed by atoms with van der Waals surface area (Å²) < 4.78 is 20.7. The highest BCUT2D eigenvalue weighted by Crippen LogP contribution is 2.32. The van der Waals surface area contributed by atoms with Crippen LogP contribution in [-0.4, -0.2) is 21.5 Å². The molecule has 0 saturated carbocycles. The van der Waals surface area contributed by atoms with E-state index in [1.165, 1.54) is 0 Å². The maximum Gasteiger partial charge on any atom is 0.306 e. The molecule has 0 fully saturated rings. The summed E-state index contributed by atoms with van der Waals surface area (Å²) in [6, 6.07) is 21.5. The number of anilines is 3. The van der Waals surface area contributed by atoms with Crippen molar-refractivity contribution in [1.29, 1.82) is 5.26 Å². The number of rotatable bonds is 8. The highest BCUT2D eigenvalue weighted by Gasteiger charge is 2.26. The molecular weight excluding hydrogens is 481 g/mol. The lowest BCUT2D eigenvalue weighted by molar-refractivity contribution is -0.155. The van der Waals surface area contributed by atoms with Crippen LogP contribution in [0.3, 0.4) is 0 Å². The van der Waals surface area contributed by atoms with Crippen molar-refractivity contribution >= 4 is 34.2 Å². The summed E-state index contributed by atoms with van der Waals surface area (Å²) in [5.74, 6) is -1.08. The first-order chi connectivity index (χ1) is 18.1. The average Bonchev–Trinajstić information content (AvgIpc) is 2.87. The third-order valence-corrected chi connectivity index (χ3v) is 5.89. The molecule has 4 rings (SSSR count). The Balaban J connectivity index is 1.64. The van der Waals surface area contributed by atoms with E-state index in [0.717, 1.165) is 22.5 Å². The number of hydrogen-bond donors (Lipinski definition) is 2. The second-order valence-corrected chi connectivity index (χ2v) is 10.2. The predicted octanol–water partition coefficient (Wildman–Crippen LogP) is 6.91. The van der Waals surface area contributed by atoms with E-state index in [9.17, 15) is 10.1 Å². The normalized spacial score (nSPS) is 12.8. The van der Waals surface area contributed by atoms with Crippen LogP contribution in [0.4, 0.5) is 21.7 Å². The first-order valence-corrected chi connectivity index (χ1v) is 12.4. The van der Waals surface area contributed by atoms with E-state index < -0.39 is 17.5 Å². The molecule has 0 aliphatic rings. The third kappa shape index (κ3) is 6.62. The van der Waals surface area contributed by atoms with E-state index in [2.05, 4.69) is 20.6 Å². The van der Waals surface area contributed by atoms with Crippen LogP contribution in [0, 0.1) is 23.1 Å². The molecule has 0 spiro atoms. The number of esters is 1. The summed E-state index contributed by atoms with van der Waals surface area (Å²) in [5, 5.41) is 16.9. The zero-order chi connectivity index (χ0) is 27.3. The molecule has 4 aromatic rings. The Morgan fingerprint density at radius 1 is 1.08 bits per heavy atom. The molecule has 38 heavy (non-hydrogen) atoms. The number of nitrogens with one attached hydrogen (secondary N) is 2. The molecule has 2 aromatic carbocycles. The van der Waals surface area contributed by atoms with Gasteiger partial charge in [-0.2, -0.15) is 5.26 Å². The highest BCUT2D eigenvalue weighted by molar-refractivity contribution is 5.83. The maximum absolute atomic E-state index is 15.2. The van der Waals surface area contributed by atoms with E-state index in [4.69, 9.17) is 4.74 Å². The molecule has 0 aliphatic heterocycles. The van der Waals surface area contributed by atoms with Crippen LogP contribution < -0.4 is 10.6 Å². The second kappa shape index (κ2) is 11.3. The minimum Gasteiger partial charge on any atom is -0.460 e. The molecule has 0 amide bonds. The standard InChI is InChI=1S/C30H30FN5O2/c1-19(15-26(37)38-30(2,3)4)27(20-9-6-5-7-10-20)35-29-24(31)17-22(18-32)28(36-29)34-23-12-13-25-21(16-23)11-8-14-33-25/h5-14,16-17,19,27H,15H2,1-4H3,(H2,34,35,36)/t19-,27+/m1/s1. The summed E-state index contributed by atoms with van der Waals surface area (Å²) in [6.45, 7) is 7.36.